The standard InChI is InChI=1S/C12H12N2O4/c1-2-5-14-9-6-7(12(17)18)3-4-8(9)13-10(15)11(14)16/h3-4,6H,2,5H2,1H3,(H,13,15)(H,17,18). The van der Waals surface area contributed by atoms with E-state index in [0.29, 0.717) is 24.0 Å². The molecule has 0 aliphatic rings. The molecule has 94 valence electrons. The van der Waals surface area contributed by atoms with Crippen LogP contribution in [0.3, 0.4) is 0 Å². The van der Waals surface area contributed by atoms with Crippen LogP contribution in [0, 0.1) is 0 Å². The summed E-state index contributed by atoms with van der Waals surface area (Å²) in [6.45, 7) is 2.25. The molecule has 0 saturated carbocycles. The van der Waals surface area contributed by atoms with E-state index in [4.69, 9.17) is 5.11 Å². The molecule has 2 rings (SSSR count). The van der Waals surface area contributed by atoms with Crippen LogP contribution in [-0.4, -0.2) is 20.6 Å². The van der Waals surface area contributed by atoms with E-state index in [1.165, 1.54) is 22.8 Å². The maximum atomic E-state index is 11.7. The van der Waals surface area contributed by atoms with E-state index in [1.54, 1.807) is 0 Å². The monoisotopic (exact) mass is 248 g/mol. The lowest BCUT2D eigenvalue weighted by Gasteiger charge is -2.08. The zero-order valence-electron chi connectivity index (χ0n) is 9.77. The Morgan fingerprint density at radius 2 is 2.11 bits per heavy atom. The average molecular weight is 248 g/mol. The maximum Gasteiger partial charge on any atom is 0.335 e. The predicted octanol–water partition coefficient (Wildman–Crippen LogP) is 0.798. The predicted molar refractivity (Wildman–Crippen MR) is 66.1 cm³/mol. The molecule has 0 bridgehead atoms. The average Bonchev–Trinajstić information content (AvgIpc) is 2.34. The summed E-state index contributed by atoms with van der Waals surface area (Å²) < 4.78 is 1.31. The van der Waals surface area contributed by atoms with Crippen molar-refractivity contribution < 1.29 is 9.90 Å². The van der Waals surface area contributed by atoms with Gasteiger partial charge in [-0.05, 0) is 24.6 Å². The van der Waals surface area contributed by atoms with Crippen LogP contribution in [0.5, 0.6) is 0 Å². The van der Waals surface area contributed by atoms with Crippen LogP contribution in [0.2, 0.25) is 0 Å². The number of aryl methyl sites for hydroxylation is 1. The largest absolute Gasteiger partial charge is 0.478 e. The van der Waals surface area contributed by atoms with E-state index >= 15 is 0 Å². The van der Waals surface area contributed by atoms with E-state index in [2.05, 4.69) is 4.98 Å². The van der Waals surface area contributed by atoms with Gasteiger partial charge in [-0.2, -0.15) is 0 Å². The van der Waals surface area contributed by atoms with Crippen molar-refractivity contribution in [3.63, 3.8) is 0 Å². The number of carboxylic acid groups (broad SMARTS) is 1. The lowest BCUT2D eigenvalue weighted by Crippen LogP contribution is -2.36. The number of nitrogens with zero attached hydrogens (tertiary/aromatic N) is 1. The fourth-order valence-electron chi connectivity index (χ4n) is 1.85. The number of aromatic nitrogens is 2. The highest BCUT2D eigenvalue weighted by atomic mass is 16.4. The highest BCUT2D eigenvalue weighted by Gasteiger charge is 2.10. The van der Waals surface area contributed by atoms with Crippen molar-refractivity contribution in [2.24, 2.45) is 0 Å². The number of H-pyrrole nitrogens is 1. The molecule has 2 N–H and O–H groups in total. The minimum absolute atomic E-state index is 0.0822. The molecule has 0 aliphatic carbocycles. The van der Waals surface area contributed by atoms with Crippen LogP contribution in [0.4, 0.5) is 0 Å². The highest BCUT2D eigenvalue weighted by molar-refractivity contribution is 5.92. The second-order valence-corrected chi connectivity index (χ2v) is 3.95. The zero-order chi connectivity index (χ0) is 13.3. The maximum absolute atomic E-state index is 11.7. The molecule has 0 fully saturated rings. The molecule has 0 spiro atoms. The van der Waals surface area contributed by atoms with Crippen molar-refractivity contribution >= 4 is 17.0 Å². The first-order valence-corrected chi connectivity index (χ1v) is 5.54. The van der Waals surface area contributed by atoms with Crippen LogP contribution in [-0.2, 0) is 6.54 Å². The van der Waals surface area contributed by atoms with Gasteiger partial charge in [0.1, 0.15) is 0 Å². The summed E-state index contributed by atoms with van der Waals surface area (Å²) in [6.07, 6.45) is 0.676. The molecule has 0 atom stereocenters. The van der Waals surface area contributed by atoms with Gasteiger partial charge in [0.2, 0.25) is 0 Å². The third kappa shape index (κ3) is 1.92. The van der Waals surface area contributed by atoms with Crippen molar-refractivity contribution in [3.05, 3.63) is 44.5 Å². The van der Waals surface area contributed by atoms with Crippen LogP contribution in [0.25, 0.3) is 11.0 Å². The molecule has 0 radical (unpaired) electrons. The molecular formula is C12H12N2O4. The minimum Gasteiger partial charge on any atom is -0.478 e. The number of rotatable bonds is 3. The minimum atomic E-state index is -1.07. The van der Waals surface area contributed by atoms with Gasteiger partial charge in [0.05, 0.1) is 16.6 Å². The first kappa shape index (κ1) is 12.1. The van der Waals surface area contributed by atoms with Gasteiger partial charge in [-0.3, -0.25) is 9.59 Å². The zero-order valence-corrected chi connectivity index (χ0v) is 9.77. The van der Waals surface area contributed by atoms with Crippen molar-refractivity contribution in [1.82, 2.24) is 9.55 Å². The second kappa shape index (κ2) is 4.48. The molecule has 0 unspecified atom stereocenters. The van der Waals surface area contributed by atoms with Crippen molar-refractivity contribution in [3.8, 4) is 0 Å². The lowest BCUT2D eigenvalue weighted by atomic mass is 10.2. The number of hydrogen-bond donors (Lipinski definition) is 2. The number of fused-ring (bicyclic) bond motifs is 1. The molecule has 0 saturated heterocycles. The normalized spacial score (nSPS) is 10.7. The van der Waals surface area contributed by atoms with Crippen LogP contribution < -0.4 is 11.1 Å². The Hall–Kier alpha value is -2.37. The molecule has 18 heavy (non-hydrogen) atoms. The molecular weight excluding hydrogens is 236 g/mol. The number of hydrogen-bond acceptors (Lipinski definition) is 3. The molecule has 1 heterocycles. The van der Waals surface area contributed by atoms with Crippen LogP contribution in [0.15, 0.2) is 27.8 Å². The molecule has 1 aromatic carbocycles. The fraction of sp³-hybridized carbons (Fsp3) is 0.250. The summed E-state index contributed by atoms with van der Waals surface area (Å²) >= 11 is 0. The Morgan fingerprint density at radius 3 is 2.72 bits per heavy atom. The van der Waals surface area contributed by atoms with Gasteiger partial charge in [0.25, 0.3) is 0 Å². The Kier molecular flexibility index (Phi) is 3.01. The molecule has 6 nitrogen and oxygen atoms in total. The topological polar surface area (TPSA) is 92.2 Å². The van der Waals surface area contributed by atoms with E-state index in [-0.39, 0.29) is 5.56 Å². The number of carbonyl (C=O) groups is 1. The Morgan fingerprint density at radius 1 is 1.39 bits per heavy atom. The smallest absolute Gasteiger partial charge is 0.335 e. The second-order valence-electron chi connectivity index (χ2n) is 3.95. The Bertz CT molecular complexity index is 727. The van der Waals surface area contributed by atoms with Gasteiger partial charge in [0, 0.05) is 6.54 Å². The number of benzene rings is 1. The molecule has 6 heteroatoms. The SMILES string of the molecule is CCCn1c(=O)c(=O)[nH]c2ccc(C(=O)O)cc21. The van der Waals surface area contributed by atoms with Gasteiger partial charge in [-0.25, -0.2) is 4.79 Å². The summed E-state index contributed by atoms with van der Waals surface area (Å²) in [5, 5.41) is 8.93. The summed E-state index contributed by atoms with van der Waals surface area (Å²) in [6, 6.07) is 4.28. The molecule has 1 aromatic heterocycles. The van der Waals surface area contributed by atoms with Crippen LogP contribution >= 0.6 is 0 Å². The number of carboxylic acids is 1. The molecule has 2 aromatic rings. The van der Waals surface area contributed by atoms with Gasteiger partial charge in [0.15, 0.2) is 0 Å². The third-order valence-electron chi connectivity index (χ3n) is 2.67. The van der Waals surface area contributed by atoms with Gasteiger partial charge in [-0.1, -0.05) is 6.92 Å². The quantitative estimate of drug-likeness (QED) is 0.786. The summed E-state index contributed by atoms with van der Waals surface area (Å²) in [5.41, 5.74) is -0.385. The van der Waals surface area contributed by atoms with Crippen molar-refractivity contribution in [2.45, 2.75) is 19.9 Å². The van der Waals surface area contributed by atoms with Crippen LogP contribution in [0.1, 0.15) is 23.7 Å². The van der Waals surface area contributed by atoms with E-state index in [1.807, 2.05) is 6.92 Å². The van der Waals surface area contributed by atoms with Crippen molar-refractivity contribution in [2.75, 3.05) is 0 Å². The van der Waals surface area contributed by atoms with Crippen molar-refractivity contribution in [1.29, 1.82) is 0 Å². The van der Waals surface area contributed by atoms with Gasteiger partial charge < -0.3 is 14.7 Å². The Balaban J connectivity index is 2.86. The highest BCUT2D eigenvalue weighted by Crippen LogP contribution is 2.12. The van der Waals surface area contributed by atoms with Gasteiger partial charge in [-0.15, -0.1) is 0 Å². The summed E-state index contributed by atoms with van der Waals surface area (Å²) in [4.78, 5) is 36.5. The lowest BCUT2D eigenvalue weighted by molar-refractivity contribution is 0.0697. The fourth-order valence-corrected chi connectivity index (χ4v) is 1.85. The van der Waals surface area contributed by atoms with Gasteiger partial charge >= 0.3 is 17.1 Å². The first-order chi connectivity index (χ1) is 8.54. The third-order valence-corrected chi connectivity index (χ3v) is 2.67. The number of aromatic amines is 1. The van der Waals surface area contributed by atoms with E-state index in [9.17, 15) is 14.4 Å². The number of aromatic carboxylic acids is 1. The number of nitrogens with one attached hydrogen (secondary N) is 1. The van der Waals surface area contributed by atoms with E-state index < -0.39 is 17.1 Å². The first-order valence-electron chi connectivity index (χ1n) is 5.54. The molecule has 0 amide bonds. The van der Waals surface area contributed by atoms with E-state index in [0.717, 1.165) is 0 Å². The summed E-state index contributed by atoms with van der Waals surface area (Å²) in [5.74, 6) is -1.07. The summed E-state index contributed by atoms with van der Waals surface area (Å²) in [7, 11) is 0. The molecule has 0 aliphatic heterocycles. The Labute approximate surface area is 102 Å².